The molecule has 0 atom stereocenters. The molecule has 1 heterocycles. The first kappa shape index (κ1) is 11.9. The van der Waals surface area contributed by atoms with Gasteiger partial charge < -0.3 is 5.32 Å². The Morgan fingerprint density at radius 3 is 3.00 bits per heavy atom. The van der Waals surface area contributed by atoms with E-state index in [1.54, 1.807) is 0 Å². The van der Waals surface area contributed by atoms with Crippen molar-refractivity contribution in [1.82, 2.24) is 15.1 Å². The van der Waals surface area contributed by atoms with Gasteiger partial charge in [-0.15, -0.1) is 0 Å². The van der Waals surface area contributed by atoms with Crippen LogP contribution in [0.25, 0.3) is 0 Å². The van der Waals surface area contributed by atoms with Crippen LogP contribution in [0.4, 0.5) is 0 Å². The lowest BCUT2D eigenvalue weighted by Gasteiger charge is -2.08. The maximum atomic E-state index is 11.1. The Morgan fingerprint density at radius 2 is 2.35 bits per heavy atom. The zero-order valence-corrected chi connectivity index (χ0v) is 10.3. The second-order valence-electron chi connectivity index (χ2n) is 4.58. The Kier molecular flexibility index (Phi) is 3.61. The first-order chi connectivity index (χ1) is 8.20. The van der Waals surface area contributed by atoms with Gasteiger partial charge in [-0.3, -0.25) is 9.48 Å². The Balaban J connectivity index is 2.02. The highest BCUT2D eigenvalue weighted by molar-refractivity contribution is 5.86. The van der Waals surface area contributed by atoms with Gasteiger partial charge in [0.25, 0.3) is 0 Å². The summed E-state index contributed by atoms with van der Waals surface area (Å²) in [6.07, 6.45) is 8.39. The number of aryl methyl sites for hydroxylation is 1. The SMILES string of the molecule is C=CC(=O)NCc1cn(C2CCCC2)nc1C. The summed E-state index contributed by atoms with van der Waals surface area (Å²) in [7, 11) is 0. The van der Waals surface area contributed by atoms with Crippen molar-refractivity contribution >= 4 is 5.91 Å². The number of hydrogen-bond donors (Lipinski definition) is 1. The molecule has 0 spiro atoms. The van der Waals surface area contributed by atoms with Crippen LogP contribution in [-0.2, 0) is 11.3 Å². The van der Waals surface area contributed by atoms with Gasteiger partial charge in [-0.2, -0.15) is 5.10 Å². The minimum absolute atomic E-state index is 0.141. The number of rotatable bonds is 4. The molecule has 1 aromatic rings. The second-order valence-corrected chi connectivity index (χ2v) is 4.58. The second kappa shape index (κ2) is 5.17. The minimum Gasteiger partial charge on any atom is -0.348 e. The summed E-state index contributed by atoms with van der Waals surface area (Å²) in [6.45, 7) is 5.95. The summed E-state index contributed by atoms with van der Waals surface area (Å²) < 4.78 is 2.07. The van der Waals surface area contributed by atoms with Gasteiger partial charge in [0.15, 0.2) is 0 Å². The van der Waals surface area contributed by atoms with Gasteiger partial charge in [-0.25, -0.2) is 0 Å². The maximum Gasteiger partial charge on any atom is 0.243 e. The number of nitrogens with zero attached hydrogens (tertiary/aromatic N) is 2. The highest BCUT2D eigenvalue weighted by Gasteiger charge is 2.18. The largest absolute Gasteiger partial charge is 0.348 e. The molecule has 1 N–H and O–H groups in total. The lowest BCUT2D eigenvalue weighted by atomic mass is 10.2. The van der Waals surface area contributed by atoms with E-state index in [-0.39, 0.29) is 5.91 Å². The van der Waals surface area contributed by atoms with Crippen molar-refractivity contribution in [1.29, 1.82) is 0 Å². The standard InChI is InChI=1S/C13H19N3O/c1-3-13(17)14-8-11-9-16(15-10(11)2)12-6-4-5-7-12/h3,9,12H,1,4-8H2,2H3,(H,14,17). The van der Waals surface area contributed by atoms with Gasteiger partial charge in [0.2, 0.25) is 5.91 Å². The Morgan fingerprint density at radius 1 is 1.65 bits per heavy atom. The number of carbonyl (C=O) groups excluding carboxylic acids is 1. The van der Waals surface area contributed by atoms with E-state index in [1.807, 2.05) is 6.92 Å². The van der Waals surface area contributed by atoms with Crippen molar-refractivity contribution in [2.75, 3.05) is 0 Å². The average Bonchev–Trinajstić information content (AvgIpc) is 2.95. The maximum absolute atomic E-state index is 11.1. The van der Waals surface area contributed by atoms with Crippen LogP contribution in [0, 0.1) is 6.92 Å². The summed E-state index contributed by atoms with van der Waals surface area (Å²) >= 11 is 0. The average molecular weight is 233 g/mol. The smallest absolute Gasteiger partial charge is 0.243 e. The van der Waals surface area contributed by atoms with E-state index in [0.29, 0.717) is 12.6 Å². The molecule has 1 aromatic heterocycles. The monoisotopic (exact) mass is 233 g/mol. The first-order valence-electron chi connectivity index (χ1n) is 6.15. The van der Waals surface area contributed by atoms with Crippen molar-refractivity contribution in [3.05, 3.63) is 30.1 Å². The third-order valence-corrected chi connectivity index (χ3v) is 3.36. The van der Waals surface area contributed by atoms with Gasteiger partial charge in [0, 0.05) is 18.3 Å². The van der Waals surface area contributed by atoms with E-state index < -0.39 is 0 Å². The topological polar surface area (TPSA) is 46.9 Å². The molecule has 1 amide bonds. The van der Waals surface area contributed by atoms with Crippen LogP contribution in [0.5, 0.6) is 0 Å². The molecule has 0 radical (unpaired) electrons. The number of nitrogens with one attached hydrogen (secondary N) is 1. The predicted octanol–water partition coefficient (Wildman–Crippen LogP) is 2.11. The molecule has 92 valence electrons. The minimum atomic E-state index is -0.141. The molecule has 4 heteroatoms. The molecule has 1 aliphatic rings. The molecule has 1 aliphatic carbocycles. The number of amides is 1. The quantitative estimate of drug-likeness (QED) is 0.810. The third kappa shape index (κ3) is 2.75. The van der Waals surface area contributed by atoms with E-state index in [9.17, 15) is 4.79 Å². The molecule has 0 aliphatic heterocycles. The van der Waals surface area contributed by atoms with Gasteiger partial charge in [-0.05, 0) is 25.8 Å². The third-order valence-electron chi connectivity index (χ3n) is 3.36. The van der Waals surface area contributed by atoms with Crippen molar-refractivity contribution in [2.24, 2.45) is 0 Å². The fourth-order valence-electron chi connectivity index (χ4n) is 2.30. The van der Waals surface area contributed by atoms with Crippen molar-refractivity contribution < 1.29 is 4.79 Å². The van der Waals surface area contributed by atoms with E-state index in [4.69, 9.17) is 0 Å². The Labute approximate surface area is 102 Å². The molecule has 17 heavy (non-hydrogen) atoms. The molecule has 0 aromatic carbocycles. The lowest BCUT2D eigenvalue weighted by Crippen LogP contribution is -2.20. The summed E-state index contributed by atoms with van der Waals surface area (Å²) in [4.78, 5) is 11.1. The normalized spacial score (nSPS) is 16.1. The summed E-state index contributed by atoms with van der Waals surface area (Å²) in [5.74, 6) is -0.141. The van der Waals surface area contributed by atoms with Gasteiger partial charge in [0.1, 0.15) is 0 Å². The molecule has 0 saturated heterocycles. The molecular weight excluding hydrogens is 214 g/mol. The van der Waals surface area contributed by atoms with Crippen molar-refractivity contribution in [3.63, 3.8) is 0 Å². The van der Waals surface area contributed by atoms with Crippen LogP contribution < -0.4 is 5.32 Å². The van der Waals surface area contributed by atoms with Crippen molar-refractivity contribution in [3.8, 4) is 0 Å². The molecule has 4 nitrogen and oxygen atoms in total. The van der Waals surface area contributed by atoms with Crippen molar-refractivity contribution in [2.45, 2.75) is 45.2 Å². The first-order valence-corrected chi connectivity index (χ1v) is 6.15. The van der Waals surface area contributed by atoms with E-state index in [2.05, 4.69) is 27.9 Å². The van der Waals surface area contributed by atoms with E-state index in [0.717, 1.165) is 11.3 Å². The molecule has 2 rings (SSSR count). The predicted molar refractivity (Wildman–Crippen MR) is 66.5 cm³/mol. The van der Waals surface area contributed by atoms with Crippen LogP contribution in [0.1, 0.15) is 43.0 Å². The molecule has 0 bridgehead atoms. The fraction of sp³-hybridized carbons (Fsp3) is 0.538. The van der Waals surface area contributed by atoms with E-state index in [1.165, 1.54) is 31.8 Å². The van der Waals surface area contributed by atoms with Gasteiger partial charge in [-0.1, -0.05) is 19.4 Å². The molecule has 1 saturated carbocycles. The van der Waals surface area contributed by atoms with Gasteiger partial charge >= 0.3 is 0 Å². The van der Waals surface area contributed by atoms with Crippen LogP contribution in [-0.4, -0.2) is 15.7 Å². The van der Waals surface area contributed by atoms with Crippen LogP contribution in [0.2, 0.25) is 0 Å². The zero-order valence-electron chi connectivity index (χ0n) is 10.3. The van der Waals surface area contributed by atoms with Crippen LogP contribution in [0.3, 0.4) is 0 Å². The Hall–Kier alpha value is -1.58. The van der Waals surface area contributed by atoms with E-state index >= 15 is 0 Å². The number of carbonyl (C=O) groups is 1. The van der Waals surface area contributed by atoms with Crippen LogP contribution >= 0.6 is 0 Å². The molecule has 1 fully saturated rings. The lowest BCUT2D eigenvalue weighted by molar-refractivity contribution is -0.116. The summed E-state index contributed by atoms with van der Waals surface area (Å²) in [5.41, 5.74) is 2.09. The molecule has 0 unspecified atom stereocenters. The van der Waals surface area contributed by atoms with Gasteiger partial charge in [0.05, 0.1) is 11.7 Å². The fourth-order valence-corrected chi connectivity index (χ4v) is 2.30. The Bertz CT molecular complexity index is 416. The summed E-state index contributed by atoms with van der Waals surface area (Å²) in [5, 5.41) is 7.32. The van der Waals surface area contributed by atoms with Crippen LogP contribution in [0.15, 0.2) is 18.9 Å². The molecular formula is C13H19N3O. The number of hydrogen-bond acceptors (Lipinski definition) is 2. The zero-order chi connectivity index (χ0) is 12.3. The highest BCUT2D eigenvalue weighted by Crippen LogP contribution is 2.29. The summed E-state index contributed by atoms with van der Waals surface area (Å²) in [6, 6.07) is 0.553. The highest BCUT2D eigenvalue weighted by atomic mass is 16.1. The number of aromatic nitrogens is 2.